The van der Waals surface area contributed by atoms with E-state index in [2.05, 4.69) is 161 Å². The number of hydrogen-bond donors (Lipinski definition) is 0. The predicted molar refractivity (Wildman–Crippen MR) is 232 cm³/mol. The van der Waals surface area contributed by atoms with Crippen LogP contribution in [0.1, 0.15) is 0 Å². The number of nitrogens with zero attached hydrogens (tertiary/aromatic N) is 5. The Labute approximate surface area is 326 Å². The van der Waals surface area contributed by atoms with Gasteiger partial charge in [-0.3, -0.25) is 4.57 Å². The SMILES string of the molecule is c1ccc(-c2nc(-c3ccc4c(c3)oc3c(-c5ccccc5)cccc34)nc(-n3c4ccccc4c4c3ccc3c5ccccc5n(-c5ccccc5)c34)n2)cc1. The van der Waals surface area contributed by atoms with Crippen molar-refractivity contribution >= 4 is 65.6 Å². The average molecular weight is 730 g/mol. The minimum atomic E-state index is 0.544. The van der Waals surface area contributed by atoms with E-state index in [1.165, 1.54) is 10.8 Å². The van der Waals surface area contributed by atoms with Gasteiger partial charge in [0.15, 0.2) is 11.6 Å². The number of furan rings is 1. The van der Waals surface area contributed by atoms with Crippen molar-refractivity contribution in [2.75, 3.05) is 0 Å². The molecule has 4 heterocycles. The zero-order chi connectivity index (χ0) is 37.5. The van der Waals surface area contributed by atoms with Gasteiger partial charge in [-0.1, -0.05) is 146 Å². The lowest BCUT2D eigenvalue weighted by atomic mass is 10.0. The van der Waals surface area contributed by atoms with Crippen molar-refractivity contribution in [3.05, 3.63) is 188 Å². The third-order valence-electron chi connectivity index (χ3n) is 11.2. The predicted octanol–water partition coefficient (Wildman–Crippen LogP) is 13.0. The van der Waals surface area contributed by atoms with Crippen LogP contribution in [-0.2, 0) is 0 Å². The molecule has 0 saturated carbocycles. The van der Waals surface area contributed by atoms with Gasteiger partial charge in [-0.25, -0.2) is 4.98 Å². The molecule has 6 nitrogen and oxygen atoms in total. The second-order valence-electron chi connectivity index (χ2n) is 14.4. The van der Waals surface area contributed by atoms with Crippen LogP contribution in [0.2, 0.25) is 0 Å². The first-order valence-electron chi connectivity index (χ1n) is 19.1. The smallest absolute Gasteiger partial charge is 0.238 e. The first kappa shape index (κ1) is 31.5. The third kappa shape index (κ3) is 4.81. The molecule has 266 valence electrons. The van der Waals surface area contributed by atoms with Crippen LogP contribution in [0.15, 0.2) is 192 Å². The van der Waals surface area contributed by atoms with Crippen LogP contribution in [0.3, 0.4) is 0 Å². The molecule has 0 aliphatic rings. The van der Waals surface area contributed by atoms with E-state index < -0.39 is 0 Å². The Kier molecular flexibility index (Phi) is 6.83. The van der Waals surface area contributed by atoms with Gasteiger partial charge in [0.2, 0.25) is 5.95 Å². The summed E-state index contributed by atoms with van der Waals surface area (Å²) < 4.78 is 11.3. The molecule has 57 heavy (non-hydrogen) atoms. The van der Waals surface area contributed by atoms with Gasteiger partial charge >= 0.3 is 0 Å². The zero-order valence-electron chi connectivity index (χ0n) is 30.5. The maximum Gasteiger partial charge on any atom is 0.238 e. The van der Waals surface area contributed by atoms with Gasteiger partial charge in [0.05, 0.1) is 22.1 Å². The molecule has 0 N–H and O–H groups in total. The first-order chi connectivity index (χ1) is 28.3. The van der Waals surface area contributed by atoms with Crippen molar-refractivity contribution in [3.63, 3.8) is 0 Å². The molecular formula is C51H31N5O. The van der Waals surface area contributed by atoms with Crippen LogP contribution in [0.25, 0.3) is 111 Å². The van der Waals surface area contributed by atoms with Gasteiger partial charge in [0.25, 0.3) is 0 Å². The molecule has 0 unspecified atom stereocenters. The normalized spacial score (nSPS) is 11.9. The van der Waals surface area contributed by atoms with Crippen LogP contribution in [0.5, 0.6) is 0 Å². The summed E-state index contributed by atoms with van der Waals surface area (Å²) >= 11 is 0. The van der Waals surface area contributed by atoms with E-state index in [1.807, 2.05) is 36.4 Å². The molecule has 0 spiro atoms. The molecule has 8 aromatic carbocycles. The maximum absolute atomic E-state index is 6.67. The highest BCUT2D eigenvalue weighted by atomic mass is 16.3. The summed E-state index contributed by atoms with van der Waals surface area (Å²) in [5.41, 5.74) is 11.0. The van der Waals surface area contributed by atoms with Crippen LogP contribution < -0.4 is 0 Å². The molecule has 0 fully saturated rings. The van der Waals surface area contributed by atoms with Gasteiger partial charge in [0, 0.05) is 54.7 Å². The lowest BCUT2D eigenvalue weighted by Gasteiger charge is -2.11. The average Bonchev–Trinajstić information content (AvgIpc) is 3.94. The van der Waals surface area contributed by atoms with Gasteiger partial charge in [-0.15, -0.1) is 0 Å². The Morgan fingerprint density at radius 1 is 0.386 bits per heavy atom. The minimum Gasteiger partial charge on any atom is -0.455 e. The summed E-state index contributed by atoms with van der Waals surface area (Å²) in [5, 5.41) is 6.79. The number of para-hydroxylation sites is 4. The van der Waals surface area contributed by atoms with E-state index in [4.69, 9.17) is 19.4 Å². The van der Waals surface area contributed by atoms with E-state index in [-0.39, 0.29) is 0 Å². The highest BCUT2D eigenvalue weighted by molar-refractivity contribution is 6.26. The number of benzene rings is 8. The quantitative estimate of drug-likeness (QED) is 0.177. The molecule has 0 aliphatic carbocycles. The van der Waals surface area contributed by atoms with Gasteiger partial charge in [0.1, 0.15) is 11.2 Å². The molecule has 0 saturated heterocycles. The summed E-state index contributed by atoms with van der Waals surface area (Å²) in [6.45, 7) is 0. The molecule has 12 aromatic rings. The summed E-state index contributed by atoms with van der Waals surface area (Å²) in [5.74, 6) is 1.70. The lowest BCUT2D eigenvalue weighted by Crippen LogP contribution is -2.06. The van der Waals surface area contributed by atoms with Crippen molar-refractivity contribution in [3.8, 4) is 45.5 Å². The largest absolute Gasteiger partial charge is 0.455 e. The molecule has 0 aliphatic heterocycles. The van der Waals surface area contributed by atoms with Crippen molar-refractivity contribution < 1.29 is 4.42 Å². The molecule has 12 rings (SSSR count). The van der Waals surface area contributed by atoms with Gasteiger partial charge < -0.3 is 8.98 Å². The summed E-state index contributed by atoms with van der Waals surface area (Å²) in [7, 11) is 0. The fourth-order valence-electron chi connectivity index (χ4n) is 8.66. The molecule has 0 amide bonds. The summed E-state index contributed by atoms with van der Waals surface area (Å²) in [6.07, 6.45) is 0. The van der Waals surface area contributed by atoms with E-state index in [9.17, 15) is 0 Å². The number of hydrogen-bond acceptors (Lipinski definition) is 4. The number of fused-ring (bicyclic) bond motifs is 10. The Hall–Kier alpha value is -7.83. The van der Waals surface area contributed by atoms with Crippen LogP contribution in [-0.4, -0.2) is 24.1 Å². The van der Waals surface area contributed by atoms with Gasteiger partial charge in [-0.2, -0.15) is 9.97 Å². The Balaban J connectivity index is 1.13. The van der Waals surface area contributed by atoms with E-state index in [0.717, 1.165) is 82.7 Å². The summed E-state index contributed by atoms with van der Waals surface area (Å²) in [6, 6.07) is 65.4. The molecule has 6 heteroatoms. The maximum atomic E-state index is 6.67. The third-order valence-corrected chi connectivity index (χ3v) is 11.2. The van der Waals surface area contributed by atoms with Crippen LogP contribution >= 0.6 is 0 Å². The van der Waals surface area contributed by atoms with Crippen molar-refractivity contribution in [1.82, 2.24) is 24.1 Å². The Morgan fingerprint density at radius 2 is 1.00 bits per heavy atom. The van der Waals surface area contributed by atoms with E-state index in [1.54, 1.807) is 0 Å². The standard InChI is InChI=1S/C51H31N5O/c1-4-15-32(16-5-1)36-23-14-24-40-38-28-27-34(31-45(38)57-48(36)40)50-52-49(33-17-6-2-7-18-33)53-51(54-50)56-43-26-13-11-22-41(43)46-44(56)30-29-39-37-21-10-12-25-42(37)55(47(39)46)35-19-8-3-9-20-35/h1-31H. The van der Waals surface area contributed by atoms with Gasteiger partial charge in [-0.05, 0) is 48.0 Å². The van der Waals surface area contributed by atoms with Crippen LogP contribution in [0, 0.1) is 0 Å². The van der Waals surface area contributed by atoms with Crippen LogP contribution in [0.4, 0.5) is 0 Å². The molecular weight excluding hydrogens is 699 g/mol. The lowest BCUT2D eigenvalue weighted by molar-refractivity contribution is 0.670. The molecule has 4 aromatic heterocycles. The number of aromatic nitrogens is 5. The molecule has 0 atom stereocenters. The highest BCUT2D eigenvalue weighted by Crippen LogP contribution is 2.42. The van der Waals surface area contributed by atoms with Crippen molar-refractivity contribution in [2.45, 2.75) is 0 Å². The number of rotatable bonds is 5. The summed E-state index contributed by atoms with van der Waals surface area (Å²) in [4.78, 5) is 15.6. The van der Waals surface area contributed by atoms with Crippen molar-refractivity contribution in [1.29, 1.82) is 0 Å². The highest BCUT2D eigenvalue weighted by Gasteiger charge is 2.23. The fourth-order valence-corrected chi connectivity index (χ4v) is 8.66. The minimum absolute atomic E-state index is 0.544. The molecule has 0 radical (unpaired) electrons. The fraction of sp³-hybridized carbons (Fsp3) is 0. The van der Waals surface area contributed by atoms with E-state index in [0.29, 0.717) is 17.6 Å². The zero-order valence-corrected chi connectivity index (χ0v) is 30.5. The second-order valence-corrected chi connectivity index (χ2v) is 14.4. The van der Waals surface area contributed by atoms with Crippen molar-refractivity contribution in [2.24, 2.45) is 0 Å². The second kappa shape index (κ2) is 12.3. The van der Waals surface area contributed by atoms with E-state index >= 15 is 0 Å². The molecule has 0 bridgehead atoms. The topological polar surface area (TPSA) is 61.7 Å². The first-order valence-corrected chi connectivity index (χ1v) is 19.1. The Morgan fingerprint density at radius 3 is 1.77 bits per heavy atom. The Bertz CT molecular complexity index is 3510. The monoisotopic (exact) mass is 729 g/mol.